The largest absolute Gasteiger partial charge is 0.339 e. The van der Waals surface area contributed by atoms with E-state index in [1.165, 1.54) is 12.1 Å². The van der Waals surface area contributed by atoms with Crippen molar-refractivity contribution in [3.63, 3.8) is 0 Å². The molecule has 1 aromatic carbocycles. The topological polar surface area (TPSA) is 32.3 Å². The Morgan fingerprint density at radius 1 is 1.42 bits per heavy atom. The van der Waals surface area contributed by atoms with Gasteiger partial charge >= 0.3 is 0 Å². The molecule has 1 N–H and O–H groups in total. The Labute approximate surface area is 117 Å². The molecule has 0 aliphatic carbocycles. The van der Waals surface area contributed by atoms with E-state index >= 15 is 0 Å². The van der Waals surface area contributed by atoms with E-state index in [2.05, 4.69) is 5.32 Å². The Hall–Kier alpha value is -1.13. The fourth-order valence-corrected chi connectivity index (χ4v) is 2.66. The van der Waals surface area contributed by atoms with Crippen LogP contribution in [-0.4, -0.2) is 37.0 Å². The molecule has 104 valence electrons. The van der Waals surface area contributed by atoms with Gasteiger partial charge in [0.05, 0.1) is 10.6 Å². The van der Waals surface area contributed by atoms with Crippen LogP contribution in [0.1, 0.15) is 28.8 Å². The first-order valence-electron chi connectivity index (χ1n) is 6.44. The van der Waals surface area contributed by atoms with Gasteiger partial charge in [0.2, 0.25) is 0 Å². The van der Waals surface area contributed by atoms with Gasteiger partial charge in [-0.3, -0.25) is 4.79 Å². The average molecular weight is 285 g/mol. The first-order valence-corrected chi connectivity index (χ1v) is 6.82. The minimum absolute atomic E-state index is 0.189. The Morgan fingerprint density at radius 3 is 2.68 bits per heavy atom. The number of hydrogen-bond acceptors (Lipinski definition) is 2. The van der Waals surface area contributed by atoms with E-state index in [0.717, 1.165) is 25.9 Å². The Kier molecular flexibility index (Phi) is 4.42. The smallest absolute Gasteiger partial charge is 0.255 e. The number of piperidine rings is 1. The molecule has 19 heavy (non-hydrogen) atoms. The first kappa shape index (κ1) is 14.3. The highest BCUT2D eigenvalue weighted by Crippen LogP contribution is 2.23. The van der Waals surface area contributed by atoms with Gasteiger partial charge in [-0.1, -0.05) is 11.6 Å². The predicted molar refractivity (Wildman–Crippen MR) is 74.1 cm³/mol. The zero-order chi connectivity index (χ0) is 14.0. The highest BCUT2D eigenvalue weighted by atomic mass is 35.5. The number of hydrogen-bond donors (Lipinski definition) is 1. The van der Waals surface area contributed by atoms with Crippen LogP contribution in [0, 0.1) is 12.7 Å². The summed E-state index contributed by atoms with van der Waals surface area (Å²) in [6, 6.07) is 2.92. The van der Waals surface area contributed by atoms with Gasteiger partial charge in [-0.2, -0.15) is 0 Å². The number of aryl methyl sites for hydroxylation is 1. The lowest BCUT2D eigenvalue weighted by Crippen LogP contribution is -2.44. The SMILES string of the molecule is Cc1cc(Cl)c(C(=O)N(C)C2CCNCC2)cc1F. The molecule has 0 saturated carbocycles. The van der Waals surface area contributed by atoms with Crippen LogP contribution in [0.3, 0.4) is 0 Å². The summed E-state index contributed by atoms with van der Waals surface area (Å²) in [4.78, 5) is 14.1. The Balaban J connectivity index is 2.21. The van der Waals surface area contributed by atoms with E-state index in [1.54, 1.807) is 18.9 Å². The first-order chi connectivity index (χ1) is 9.00. The van der Waals surface area contributed by atoms with Crippen LogP contribution in [0.2, 0.25) is 5.02 Å². The molecule has 1 heterocycles. The highest BCUT2D eigenvalue weighted by Gasteiger charge is 2.24. The normalized spacial score (nSPS) is 16.4. The molecule has 0 unspecified atom stereocenters. The van der Waals surface area contributed by atoms with Crippen molar-refractivity contribution >= 4 is 17.5 Å². The summed E-state index contributed by atoms with van der Waals surface area (Å²) in [5, 5.41) is 3.56. The molecule has 0 atom stereocenters. The van der Waals surface area contributed by atoms with Crippen LogP contribution in [0.15, 0.2) is 12.1 Å². The molecule has 5 heteroatoms. The third kappa shape index (κ3) is 3.07. The standard InChI is InChI=1S/C14H18ClFN2O/c1-9-7-12(15)11(8-13(9)16)14(19)18(2)10-3-5-17-6-4-10/h7-8,10,17H,3-6H2,1-2H3. The predicted octanol–water partition coefficient (Wildman–Crippen LogP) is 2.61. The average Bonchev–Trinajstić information content (AvgIpc) is 2.42. The number of benzene rings is 1. The van der Waals surface area contributed by atoms with Crippen molar-refractivity contribution in [1.82, 2.24) is 10.2 Å². The molecular weight excluding hydrogens is 267 g/mol. The third-order valence-corrected chi connectivity index (χ3v) is 3.97. The number of rotatable bonds is 2. The van der Waals surface area contributed by atoms with Crippen LogP contribution < -0.4 is 5.32 Å². The fraction of sp³-hybridized carbons (Fsp3) is 0.500. The van der Waals surface area contributed by atoms with Gasteiger partial charge in [0.25, 0.3) is 5.91 Å². The number of nitrogens with zero attached hydrogens (tertiary/aromatic N) is 1. The van der Waals surface area contributed by atoms with Crippen LogP contribution >= 0.6 is 11.6 Å². The van der Waals surface area contributed by atoms with Crippen molar-refractivity contribution in [3.8, 4) is 0 Å². The second-order valence-corrected chi connectivity index (χ2v) is 5.39. The van der Waals surface area contributed by atoms with Gasteiger partial charge in [0.1, 0.15) is 5.82 Å². The molecule has 1 aliphatic rings. The van der Waals surface area contributed by atoms with Crippen molar-refractivity contribution in [2.24, 2.45) is 0 Å². The van der Waals surface area contributed by atoms with Gasteiger partial charge in [0, 0.05) is 13.1 Å². The van der Waals surface area contributed by atoms with Crippen LogP contribution in [-0.2, 0) is 0 Å². The summed E-state index contributed by atoms with van der Waals surface area (Å²) in [5.41, 5.74) is 0.692. The zero-order valence-electron chi connectivity index (χ0n) is 11.2. The molecule has 1 saturated heterocycles. The summed E-state index contributed by atoms with van der Waals surface area (Å²) in [5.74, 6) is -0.609. The van der Waals surface area contributed by atoms with E-state index in [4.69, 9.17) is 11.6 Å². The number of nitrogens with one attached hydrogen (secondary N) is 1. The minimum Gasteiger partial charge on any atom is -0.339 e. The van der Waals surface area contributed by atoms with Crippen molar-refractivity contribution in [2.75, 3.05) is 20.1 Å². The second-order valence-electron chi connectivity index (χ2n) is 4.98. The minimum atomic E-state index is -0.397. The van der Waals surface area contributed by atoms with Crippen LogP contribution in [0.25, 0.3) is 0 Å². The maximum Gasteiger partial charge on any atom is 0.255 e. The number of carbonyl (C=O) groups excluding carboxylic acids is 1. The lowest BCUT2D eigenvalue weighted by atomic mass is 10.0. The summed E-state index contributed by atoms with van der Waals surface area (Å²) in [6.07, 6.45) is 1.82. The summed E-state index contributed by atoms with van der Waals surface area (Å²) >= 11 is 6.05. The van der Waals surface area contributed by atoms with Gasteiger partial charge in [-0.25, -0.2) is 4.39 Å². The molecular formula is C14H18ClFN2O. The van der Waals surface area contributed by atoms with Crippen molar-refractivity contribution in [2.45, 2.75) is 25.8 Å². The van der Waals surface area contributed by atoms with Gasteiger partial charge in [0.15, 0.2) is 0 Å². The number of amides is 1. The molecule has 3 nitrogen and oxygen atoms in total. The molecule has 1 amide bonds. The Bertz CT molecular complexity index is 487. The highest BCUT2D eigenvalue weighted by molar-refractivity contribution is 6.33. The second kappa shape index (κ2) is 5.88. The molecule has 0 bridgehead atoms. The van der Waals surface area contributed by atoms with Crippen molar-refractivity contribution < 1.29 is 9.18 Å². The monoisotopic (exact) mass is 284 g/mol. The molecule has 0 spiro atoms. The van der Waals surface area contributed by atoms with Crippen LogP contribution in [0.4, 0.5) is 4.39 Å². The lowest BCUT2D eigenvalue weighted by Gasteiger charge is -2.32. The van der Waals surface area contributed by atoms with E-state index in [1.807, 2.05) is 0 Å². The van der Waals surface area contributed by atoms with E-state index < -0.39 is 5.82 Å². The lowest BCUT2D eigenvalue weighted by molar-refractivity contribution is 0.0703. The summed E-state index contributed by atoms with van der Waals surface area (Å²) in [7, 11) is 1.76. The van der Waals surface area contributed by atoms with Crippen molar-refractivity contribution in [3.05, 3.63) is 34.1 Å². The summed E-state index contributed by atoms with van der Waals surface area (Å²) in [6.45, 7) is 3.43. The van der Waals surface area contributed by atoms with Crippen molar-refractivity contribution in [1.29, 1.82) is 0 Å². The molecule has 0 radical (unpaired) electrons. The van der Waals surface area contributed by atoms with Crippen LogP contribution in [0.5, 0.6) is 0 Å². The summed E-state index contributed by atoms with van der Waals surface area (Å²) < 4.78 is 13.6. The third-order valence-electron chi connectivity index (χ3n) is 3.66. The molecule has 1 fully saturated rings. The number of halogens is 2. The van der Waals surface area contributed by atoms with E-state index in [-0.39, 0.29) is 17.5 Å². The van der Waals surface area contributed by atoms with E-state index in [9.17, 15) is 9.18 Å². The van der Waals surface area contributed by atoms with Gasteiger partial charge in [-0.05, 0) is 50.6 Å². The maximum absolute atomic E-state index is 13.6. The zero-order valence-corrected chi connectivity index (χ0v) is 11.9. The molecule has 0 aromatic heterocycles. The maximum atomic E-state index is 13.6. The van der Waals surface area contributed by atoms with Gasteiger partial charge in [-0.15, -0.1) is 0 Å². The molecule has 1 aromatic rings. The van der Waals surface area contributed by atoms with Gasteiger partial charge < -0.3 is 10.2 Å². The Morgan fingerprint density at radius 2 is 2.05 bits per heavy atom. The quantitative estimate of drug-likeness (QED) is 0.905. The van der Waals surface area contributed by atoms with E-state index in [0.29, 0.717) is 10.6 Å². The fourth-order valence-electron chi connectivity index (χ4n) is 2.36. The number of carbonyl (C=O) groups is 1. The molecule has 1 aliphatic heterocycles. The molecule has 2 rings (SSSR count).